The first-order valence-corrected chi connectivity index (χ1v) is 13.3. The highest BCUT2D eigenvalue weighted by Gasteiger charge is 2.38. The van der Waals surface area contributed by atoms with E-state index in [2.05, 4.69) is 133 Å². The second-order valence-corrected chi connectivity index (χ2v) is 9.94. The number of hydrogen-bond donors (Lipinski definition) is 0. The van der Waals surface area contributed by atoms with Gasteiger partial charge in [-0.15, -0.1) is 0 Å². The third kappa shape index (κ3) is 3.25. The molecule has 0 bridgehead atoms. The van der Waals surface area contributed by atoms with E-state index in [4.69, 9.17) is 4.74 Å². The van der Waals surface area contributed by atoms with Crippen LogP contribution >= 0.6 is 0 Å². The number of benzene rings is 5. The molecule has 0 spiro atoms. The van der Waals surface area contributed by atoms with Crippen LogP contribution in [0.15, 0.2) is 115 Å². The van der Waals surface area contributed by atoms with Gasteiger partial charge in [-0.3, -0.25) is 0 Å². The first-order chi connectivity index (χ1) is 18.3. The van der Waals surface area contributed by atoms with Gasteiger partial charge in [-0.05, 0) is 30.0 Å². The minimum atomic E-state index is -0.702. The summed E-state index contributed by atoms with van der Waals surface area (Å²) in [6, 6.07) is 38.7. The van der Waals surface area contributed by atoms with Gasteiger partial charge in [0, 0.05) is 44.9 Å². The third-order valence-electron chi connectivity index (χ3n) is 7.80. The second kappa shape index (κ2) is 8.67. The van der Waals surface area contributed by atoms with Gasteiger partial charge in [-0.1, -0.05) is 116 Å². The molecule has 0 fully saturated rings. The quantitative estimate of drug-likeness (QED) is 0.240. The lowest BCUT2D eigenvalue weighted by atomic mass is 9.83. The summed E-state index contributed by atoms with van der Waals surface area (Å²) in [7, 11) is 0. The molecule has 1 aromatic heterocycles. The van der Waals surface area contributed by atoms with Crippen molar-refractivity contribution in [2.75, 3.05) is 0 Å². The van der Waals surface area contributed by atoms with Crippen molar-refractivity contribution in [2.45, 2.75) is 31.9 Å². The molecule has 37 heavy (non-hydrogen) atoms. The van der Waals surface area contributed by atoms with E-state index < -0.39 is 5.60 Å². The molecule has 0 radical (unpaired) electrons. The Morgan fingerprint density at radius 1 is 0.676 bits per heavy atom. The third-order valence-corrected chi connectivity index (χ3v) is 7.80. The van der Waals surface area contributed by atoms with Crippen molar-refractivity contribution in [3.8, 4) is 5.75 Å². The van der Waals surface area contributed by atoms with Crippen molar-refractivity contribution in [3.05, 3.63) is 132 Å². The molecule has 5 aromatic carbocycles. The average molecular weight is 480 g/mol. The number of unbranched alkanes of at least 4 members (excludes halogenated alkanes) is 1. The topological polar surface area (TPSA) is 14.2 Å². The Labute approximate surface area is 217 Å². The normalized spacial score (nSPS) is 14.2. The summed E-state index contributed by atoms with van der Waals surface area (Å²) in [4.78, 5) is 0. The lowest BCUT2D eigenvalue weighted by Gasteiger charge is -2.37. The lowest BCUT2D eigenvalue weighted by Crippen LogP contribution is -2.34. The SMILES string of the molecule is CCCCn1c2ccccc2c2c3ccccc3c3c(c21)C=CC(c1ccccc1)(c1ccccc1)O3. The summed E-state index contributed by atoms with van der Waals surface area (Å²) in [5, 5.41) is 5.03. The smallest absolute Gasteiger partial charge is 0.178 e. The Hall–Kier alpha value is -4.30. The summed E-state index contributed by atoms with van der Waals surface area (Å²) in [6.07, 6.45) is 6.87. The molecule has 0 saturated carbocycles. The van der Waals surface area contributed by atoms with Crippen LogP contribution in [-0.2, 0) is 12.1 Å². The van der Waals surface area contributed by atoms with Crippen molar-refractivity contribution in [2.24, 2.45) is 0 Å². The van der Waals surface area contributed by atoms with E-state index in [1.165, 1.54) is 32.8 Å². The second-order valence-electron chi connectivity index (χ2n) is 9.94. The minimum Gasteiger partial charge on any atom is -0.472 e. The number of fused-ring (bicyclic) bond motifs is 8. The van der Waals surface area contributed by atoms with Crippen LogP contribution in [0.5, 0.6) is 5.75 Å². The molecule has 0 atom stereocenters. The van der Waals surface area contributed by atoms with Crippen molar-refractivity contribution < 1.29 is 4.74 Å². The molecule has 1 aliphatic heterocycles. The first-order valence-electron chi connectivity index (χ1n) is 13.3. The summed E-state index contributed by atoms with van der Waals surface area (Å²) in [6.45, 7) is 3.25. The Bertz CT molecular complexity index is 1740. The predicted octanol–water partition coefficient (Wildman–Crippen LogP) is 9.10. The fourth-order valence-corrected chi connectivity index (χ4v) is 6.07. The zero-order valence-corrected chi connectivity index (χ0v) is 21.0. The molecule has 2 nitrogen and oxygen atoms in total. The fraction of sp³-hybridized carbons (Fsp3) is 0.143. The van der Waals surface area contributed by atoms with Crippen LogP contribution in [0, 0.1) is 0 Å². The van der Waals surface area contributed by atoms with Crippen LogP contribution in [0.1, 0.15) is 36.5 Å². The molecule has 2 heteroatoms. The number of nitrogens with zero attached hydrogens (tertiary/aromatic N) is 1. The van der Waals surface area contributed by atoms with E-state index in [9.17, 15) is 0 Å². The van der Waals surface area contributed by atoms with Gasteiger partial charge >= 0.3 is 0 Å². The number of rotatable bonds is 5. The highest BCUT2D eigenvalue weighted by atomic mass is 16.5. The van der Waals surface area contributed by atoms with Crippen LogP contribution < -0.4 is 4.74 Å². The number of hydrogen-bond acceptors (Lipinski definition) is 1. The van der Waals surface area contributed by atoms with Gasteiger partial charge in [0.15, 0.2) is 5.60 Å². The molecular weight excluding hydrogens is 450 g/mol. The molecule has 7 rings (SSSR count). The zero-order valence-electron chi connectivity index (χ0n) is 21.0. The maximum absolute atomic E-state index is 7.27. The molecule has 2 heterocycles. The molecule has 0 amide bonds. The van der Waals surface area contributed by atoms with Gasteiger partial charge < -0.3 is 9.30 Å². The fourth-order valence-electron chi connectivity index (χ4n) is 6.07. The maximum atomic E-state index is 7.27. The van der Waals surface area contributed by atoms with Gasteiger partial charge in [0.25, 0.3) is 0 Å². The van der Waals surface area contributed by atoms with Crippen LogP contribution in [0.3, 0.4) is 0 Å². The van der Waals surface area contributed by atoms with Crippen LogP contribution in [-0.4, -0.2) is 4.57 Å². The Morgan fingerprint density at radius 3 is 1.95 bits per heavy atom. The van der Waals surface area contributed by atoms with Gasteiger partial charge in [0.1, 0.15) is 5.75 Å². The summed E-state index contributed by atoms with van der Waals surface area (Å²) in [5.74, 6) is 0.957. The minimum absolute atomic E-state index is 0.702. The molecule has 1 aliphatic rings. The number of aromatic nitrogens is 1. The molecule has 0 unspecified atom stereocenters. The van der Waals surface area contributed by atoms with Crippen LogP contribution in [0.25, 0.3) is 38.7 Å². The molecule has 0 N–H and O–H groups in total. The summed E-state index contributed by atoms with van der Waals surface area (Å²) >= 11 is 0. The van der Waals surface area contributed by atoms with Gasteiger partial charge in [0.2, 0.25) is 0 Å². The Balaban J connectivity index is 1.60. The van der Waals surface area contributed by atoms with Crippen molar-refractivity contribution in [1.29, 1.82) is 0 Å². The van der Waals surface area contributed by atoms with Gasteiger partial charge in [0.05, 0.1) is 5.52 Å². The van der Waals surface area contributed by atoms with Crippen molar-refractivity contribution in [3.63, 3.8) is 0 Å². The largest absolute Gasteiger partial charge is 0.472 e. The Morgan fingerprint density at radius 2 is 1.27 bits per heavy atom. The zero-order chi connectivity index (χ0) is 24.8. The lowest BCUT2D eigenvalue weighted by molar-refractivity contribution is 0.164. The molecule has 6 aromatic rings. The van der Waals surface area contributed by atoms with Gasteiger partial charge in [-0.2, -0.15) is 0 Å². The number of aryl methyl sites for hydroxylation is 1. The predicted molar refractivity (Wildman–Crippen MR) is 155 cm³/mol. The number of para-hydroxylation sites is 1. The van der Waals surface area contributed by atoms with E-state index in [0.717, 1.165) is 41.6 Å². The average Bonchev–Trinajstić information content (AvgIpc) is 3.31. The highest BCUT2D eigenvalue weighted by molar-refractivity contribution is 6.24. The molecular formula is C35H29NO. The van der Waals surface area contributed by atoms with E-state index in [-0.39, 0.29) is 0 Å². The van der Waals surface area contributed by atoms with E-state index in [1.807, 2.05) is 0 Å². The highest BCUT2D eigenvalue weighted by Crippen LogP contribution is 2.50. The van der Waals surface area contributed by atoms with E-state index >= 15 is 0 Å². The van der Waals surface area contributed by atoms with Gasteiger partial charge in [-0.25, -0.2) is 0 Å². The first kappa shape index (κ1) is 21.9. The Kier molecular flexibility index (Phi) is 5.14. The number of ether oxygens (including phenoxy) is 1. The van der Waals surface area contributed by atoms with E-state index in [1.54, 1.807) is 0 Å². The molecule has 0 saturated heterocycles. The van der Waals surface area contributed by atoms with Crippen LogP contribution in [0.4, 0.5) is 0 Å². The molecule has 0 aliphatic carbocycles. The summed E-state index contributed by atoms with van der Waals surface area (Å²) < 4.78 is 9.79. The monoisotopic (exact) mass is 479 g/mol. The standard InChI is InChI=1S/C35H29NO/c1-2-3-24-36-31-21-13-12-20-29(31)32-27-18-10-11-19-28(27)34-30(33(32)36)22-23-35(37-34,25-14-6-4-7-15-25)26-16-8-5-9-17-26/h4-23H,2-3,24H2,1H3. The van der Waals surface area contributed by atoms with Crippen molar-refractivity contribution >= 4 is 38.7 Å². The van der Waals surface area contributed by atoms with E-state index in [0.29, 0.717) is 0 Å². The maximum Gasteiger partial charge on any atom is 0.178 e. The van der Waals surface area contributed by atoms with Crippen molar-refractivity contribution in [1.82, 2.24) is 4.57 Å². The summed E-state index contributed by atoms with van der Waals surface area (Å²) in [5.41, 5.74) is 5.28. The van der Waals surface area contributed by atoms with Crippen LogP contribution in [0.2, 0.25) is 0 Å². The molecule has 180 valence electrons.